The summed E-state index contributed by atoms with van der Waals surface area (Å²) in [4.78, 5) is 32.8. The van der Waals surface area contributed by atoms with Gasteiger partial charge in [-0.15, -0.1) is 0 Å². The smallest absolute Gasteiger partial charge is 0.301 e. The molecule has 40 heavy (non-hydrogen) atoms. The summed E-state index contributed by atoms with van der Waals surface area (Å²) in [5.74, 6) is -1.55. The third kappa shape index (κ3) is 5.26. The Morgan fingerprint density at radius 1 is 1.05 bits per heavy atom. The summed E-state index contributed by atoms with van der Waals surface area (Å²) in [6.45, 7) is 4.78. The van der Waals surface area contributed by atoms with Gasteiger partial charge in [0, 0.05) is 10.6 Å². The number of rotatable bonds is 9. The minimum atomic E-state index is -1.04. The highest BCUT2D eigenvalue weighted by molar-refractivity contribution is 7.22. The van der Waals surface area contributed by atoms with Crippen LogP contribution >= 0.6 is 22.9 Å². The number of anilines is 1. The molecule has 1 amide bonds. The highest BCUT2D eigenvalue weighted by Crippen LogP contribution is 2.46. The molecule has 5 rings (SSSR count). The molecule has 10 heteroatoms. The number of hydrogen-bond donors (Lipinski definition) is 1. The SMILES string of the molecule is CCCCOc1ccc(C2C(=C(O)c3ccc(Cl)cc3)C(=O)C(=O)N2c2nc3ccc(F)cc3s2)cc1OCC. The van der Waals surface area contributed by atoms with Crippen molar-refractivity contribution >= 4 is 55.7 Å². The maximum absolute atomic E-state index is 13.9. The summed E-state index contributed by atoms with van der Waals surface area (Å²) in [7, 11) is 0. The zero-order valence-electron chi connectivity index (χ0n) is 21.8. The van der Waals surface area contributed by atoms with Crippen molar-refractivity contribution in [3.8, 4) is 11.5 Å². The normalized spacial score (nSPS) is 16.6. The predicted molar refractivity (Wildman–Crippen MR) is 154 cm³/mol. The van der Waals surface area contributed by atoms with Crippen molar-refractivity contribution in [2.24, 2.45) is 0 Å². The van der Waals surface area contributed by atoms with Crippen molar-refractivity contribution in [3.63, 3.8) is 0 Å². The van der Waals surface area contributed by atoms with E-state index in [1.165, 1.54) is 23.1 Å². The first-order valence-electron chi connectivity index (χ1n) is 12.8. The van der Waals surface area contributed by atoms with E-state index in [0.29, 0.717) is 51.1 Å². The number of nitrogens with zero attached hydrogens (tertiary/aromatic N) is 2. The second-order valence-electron chi connectivity index (χ2n) is 9.13. The van der Waals surface area contributed by atoms with E-state index < -0.39 is 23.5 Å². The number of amides is 1. The van der Waals surface area contributed by atoms with Crippen LogP contribution in [-0.2, 0) is 9.59 Å². The van der Waals surface area contributed by atoms with Crippen LogP contribution in [0.25, 0.3) is 16.0 Å². The van der Waals surface area contributed by atoms with Crippen LogP contribution in [-0.4, -0.2) is 35.0 Å². The minimum Gasteiger partial charge on any atom is -0.507 e. The number of thiazole rings is 1. The molecule has 0 bridgehead atoms. The molecule has 0 aliphatic carbocycles. The van der Waals surface area contributed by atoms with Gasteiger partial charge >= 0.3 is 5.91 Å². The molecule has 0 radical (unpaired) electrons. The van der Waals surface area contributed by atoms with Gasteiger partial charge in [0.15, 0.2) is 16.6 Å². The van der Waals surface area contributed by atoms with Gasteiger partial charge in [-0.3, -0.25) is 14.5 Å². The van der Waals surface area contributed by atoms with Crippen molar-refractivity contribution in [3.05, 3.63) is 88.2 Å². The van der Waals surface area contributed by atoms with Crippen molar-refractivity contribution < 1.29 is 28.6 Å². The Hall–Kier alpha value is -3.95. The summed E-state index contributed by atoms with van der Waals surface area (Å²) >= 11 is 7.11. The number of hydrogen-bond acceptors (Lipinski definition) is 7. The number of aromatic nitrogens is 1. The zero-order chi connectivity index (χ0) is 28.4. The average Bonchev–Trinajstić information content (AvgIpc) is 3.47. The van der Waals surface area contributed by atoms with Gasteiger partial charge in [-0.1, -0.05) is 42.3 Å². The number of ether oxygens (including phenoxy) is 2. The average molecular weight is 581 g/mol. The first-order valence-corrected chi connectivity index (χ1v) is 14.0. The highest BCUT2D eigenvalue weighted by Gasteiger charge is 2.48. The lowest BCUT2D eigenvalue weighted by Crippen LogP contribution is -2.29. The van der Waals surface area contributed by atoms with E-state index in [0.717, 1.165) is 24.2 Å². The number of Topliss-reactive ketones (excluding diaryl/α,β-unsaturated/α-hetero) is 1. The van der Waals surface area contributed by atoms with Crippen LogP contribution in [0.3, 0.4) is 0 Å². The number of halogens is 2. The fraction of sp³-hybridized carbons (Fsp3) is 0.233. The minimum absolute atomic E-state index is 0.111. The molecule has 1 fully saturated rings. The first-order chi connectivity index (χ1) is 19.3. The molecular weight excluding hydrogens is 555 g/mol. The van der Waals surface area contributed by atoms with E-state index in [9.17, 15) is 19.1 Å². The number of aliphatic hydroxyl groups excluding tert-OH is 1. The number of unbranched alkanes of at least 4 members (excludes halogenated alkanes) is 1. The predicted octanol–water partition coefficient (Wildman–Crippen LogP) is 7.29. The molecule has 1 saturated heterocycles. The Balaban J connectivity index is 1.69. The molecular formula is C30H26ClFN2O5S. The quantitative estimate of drug-likeness (QED) is 0.0967. The number of benzene rings is 3. The monoisotopic (exact) mass is 580 g/mol. The lowest BCUT2D eigenvalue weighted by atomic mass is 9.95. The van der Waals surface area contributed by atoms with Crippen LogP contribution in [0.4, 0.5) is 9.52 Å². The maximum atomic E-state index is 13.9. The van der Waals surface area contributed by atoms with Crippen molar-refractivity contribution in [1.29, 1.82) is 0 Å². The van der Waals surface area contributed by atoms with Crippen molar-refractivity contribution in [2.75, 3.05) is 18.1 Å². The van der Waals surface area contributed by atoms with Crippen LogP contribution in [0.5, 0.6) is 11.5 Å². The second-order valence-corrected chi connectivity index (χ2v) is 10.6. The van der Waals surface area contributed by atoms with Crippen LogP contribution in [0.2, 0.25) is 5.02 Å². The molecule has 3 aromatic carbocycles. The van der Waals surface area contributed by atoms with Gasteiger partial charge in [-0.25, -0.2) is 9.37 Å². The highest BCUT2D eigenvalue weighted by atomic mass is 35.5. The summed E-state index contributed by atoms with van der Waals surface area (Å²) < 4.78 is 26.2. The largest absolute Gasteiger partial charge is 0.507 e. The molecule has 1 aromatic heterocycles. The summed E-state index contributed by atoms with van der Waals surface area (Å²) in [6.07, 6.45) is 1.83. The summed E-state index contributed by atoms with van der Waals surface area (Å²) in [5.41, 5.74) is 1.20. The number of ketones is 1. The Bertz CT molecular complexity index is 1620. The molecule has 4 aromatic rings. The van der Waals surface area contributed by atoms with E-state index in [2.05, 4.69) is 11.9 Å². The lowest BCUT2D eigenvalue weighted by Gasteiger charge is -2.24. The lowest BCUT2D eigenvalue weighted by molar-refractivity contribution is -0.132. The second kappa shape index (κ2) is 11.7. The van der Waals surface area contributed by atoms with E-state index in [-0.39, 0.29) is 16.5 Å². The van der Waals surface area contributed by atoms with Crippen LogP contribution in [0, 0.1) is 5.82 Å². The Labute approximate surface area is 239 Å². The van der Waals surface area contributed by atoms with E-state index >= 15 is 0 Å². The van der Waals surface area contributed by atoms with Gasteiger partial charge in [0.2, 0.25) is 0 Å². The summed E-state index contributed by atoms with van der Waals surface area (Å²) in [5, 5.41) is 12.0. The van der Waals surface area contributed by atoms with Gasteiger partial charge in [-0.2, -0.15) is 0 Å². The van der Waals surface area contributed by atoms with Gasteiger partial charge in [-0.05, 0) is 73.5 Å². The molecule has 2 heterocycles. The number of carbonyl (C=O) groups excluding carboxylic acids is 2. The van der Waals surface area contributed by atoms with Crippen LogP contribution in [0.1, 0.15) is 43.9 Å². The van der Waals surface area contributed by atoms with Crippen LogP contribution in [0.15, 0.2) is 66.2 Å². The first kappa shape index (κ1) is 27.6. The van der Waals surface area contributed by atoms with Crippen molar-refractivity contribution in [1.82, 2.24) is 4.98 Å². The Morgan fingerprint density at radius 3 is 2.55 bits per heavy atom. The number of aliphatic hydroxyl groups is 1. The van der Waals surface area contributed by atoms with E-state index in [4.69, 9.17) is 21.1 Å². The van der Waals surface area contributed by atoms with Crippen LogP contribution < -0.4 is 14.4 Å². The number of carbonyl (C=O) groups is 2. The third-order valence-electron chi connectivity index (χ3n) is 6.45. The zero-order valence-corrected chi connectivity index (χ0v) is 23.4. The molecule has 7 nitrogen and oxygen atoms in total. The third-order valence-corrected chi connectivity index (χ3v) is 7.72. The van der Waals surface area contributed by atoms with Gasteiger partial charge in [0.1, 0.15) is 11.6 Å². The molecule has 1 aliphatic rings. The topological polar surface area (TPSA) is 89.0 Å². The molecule has 1 atom stereocenters. The van der Waals surface area contributed by atoms with Gasteiger partial charge in [0.25, 0.3) is 5.78 Å². The van der Waals surface area contributed by atoms with E-state index in [1.54, 1.807) is 42.5 Å². The molecule has 1 unspecified atom stereocenters. The molecule has 1 aliphatic heterocycles. The molecule has 206 valence electrons. The molecule has 0 saturated carbocycles. The Kier molecular flexibility index (Phi) is 8.04. The Morgan fingerprint density at radius 2 is 1.82 bits per heavy atom. The summed E-state index contributed by atoms with van der Waals surface area (Å²) in [6, 6.07) is 14.5. The van der Waals surface area contributed by atoms with Gasteiger partial charge in [0.05, 0.1) is 35.0 Å². The fourth-order valence-electron chi connectivity index (χ4n) is 4.51. The van der Waals surface area contributed by atoms with Gasteiger partial charge < -0.3 is 14.6 Å². The number of fused-ring (bicyclic) bond motifs is 1. The fourth-order valence-corrected chi connectivity index (χ4v) is 5.65. The van der Waals surface area contributed by atoms with E-state index in [1.807, 2.05) is 6.92 Å². The van der Waals surface area contributed by atoms with Crippen molar-refractivity contribution in [2.45, 2.75) is 32.7 Å². The maximum Gasteiger partial charge on any atom is 0.301 e. The molecule has 1 N–H and O–H groups in total. The standard InChI is InChI=1S/C30H26ClFN2O5S/c1-3-5-14-39-22-13-8-18(15-23(22)38-4-2)26-25(27(35)17-6-9-19(31)10-7-17)28(36)29(37)34(26)30-33-21-12-11-20(32)16-24(21)40-30/h6-13,15-16,26,35H,3-5,14H2,1-2H3. The molecule has 0 spiro atoms.